The van der Waals surface area contributed by atoms with E-state index in [-0.39, 0.29) is 0 Å². The van der Waals surface area contributed by atoms with Crippen LogP contribution in [-0.4, -0.2) is 4.98 Å². The number of nitrogens with zero attached hydrogens (tertiary/aromatic N) is 2. The molecule has 9 heavy (non-hydrogen) atoms. The Morgan fingerprint density at radius 2 is 2.33 bits per heavy atom. The summed E-state index contributed by atoms with van der Waals surface area (Å²) in [5, 5.41) is 9.07. The van der Waals surface area contributed by atoms with E-state index >= 15 is 0 Å². The van der Waals surface area contributed by atoms with Crippen molar-refractivity contribution in [1.29, 1.82) is 5.26 Å². The first-order chi connectivity index (χ1) is 4.33. The number of hydrogen-bond acceptors (Lipinski definition) is 2. The summed E-state index contributed by atoms with van der Waals surface area (Å²) in [6.45, 7) is 0. The van der Waals surface area contributed by atoms with E-state index in [2.05, 4.69) is 17.6 Å². The van der Waals surface area contributed by atoms with Crippen molar-refractivity contribution in [2.75, 3.05) is 0 Å². The lowest BCUT2D eigenvalue weighted by Gasteiger charge is -1.82. The number of hydrogen-bond donors (Lipinski definition) is 0. The van der Waals surface area contributed by atoms with Gasteiger partial charge in [-0.3, -0.25) is 0 Å². The van der Waals surface area contributed by atoms with Crippen molar-refractivity contribution in [3.8, 4) is 6.07 Å². The van der Waals surface area contributed by atoms with Crippen molar-refractivity contribution in [2.24, 2.45) is 0 Å². The molecule has 0 aliphatic heterocycles. The maximum absolute atomic E-state index is 8.32. The van der Waals surface area contributed by atoms with Gasteiger partial charge in [-0.15, -0.1) is 0 Å². The molecule has 0 saturated carbocycles. The fraction of sp³-hybridized carbons (Fsp3) is 0. The monoisotopic (exact) mass is 137 g/mol. The Labute approximate surface area is 58.6 Å². The largest absolute Gasteiger partial charge is 0.242 e. The van der Waals surface area contributed by atoms with Crippen LogP contribution in [0.5, 0.6) is 0 Å². The summed E-state index contributed by atoms with van der Waals surface area (Å²) in [6.07, 6.45) is 1.52. The molecule has 2 nitrogen and oxygen atoms in total. The number of rotatable bonds is 0. The normalized spacial score (nSPS) is 8.44. The SMILES string of the molecule is N#Cc1ccc([SH2+])nc1. The summed E-state index contributed by atoms with van der Waals surface area (Å²) in [7, 11) is 0. The predicted molar refractivity (Wildman–Crippen MR) is 37.4 cm³/mol. The van der Waals surface area contributed by atoms with Crippen molar-refractivity contribution in [2.45, 2.75) is 5.03 Å². The lowest BCUT2D eigenvalue weighted by molar-refractivity contribution is 1.13. The second-order valence-electron chi connectivity index (χ2n) is 1.54. The Morgan fingerprint density at radius 1 is 1.56 bits per heavy atom. The minimum atomic E-state index is 0.581. The van der Waals surface area contributed by atoms with Crippen LogP contribution in [0.3, 0.4) is 0 Å². The molecule has 1 aromatic rings. The van der Waals surface area contributed by atoms with Crippen LogP contribution in [0.4, 0.5) is 0 Å². The molecule has 0 unspecified atom stereocenters. The summed E-state index contributed by atoms with van der Waals surface area (Å²) in [5.41, 5.74) is 0.581. The maximum atomic E-state index is 8.32. The molecule has 0 radical (unpaired) electrons. The fourth-order valence-corrected chi connectivity index (χ4v) is 0.608. The zero-order chi connectivity index (χ0) is 6.69. The molecule has 0 saturated heterocycles. The zero-order valence-corrected chi connectivity index (χ0v) is 5.63. The first-order valence-corrected chi connectivity index (χ1v) is 2.90. The Balaban J connectivity index is 3.06. The van der Waals surface area contributed by atoms with Gasteiger partial charge in [0, 0.05) is 24.9 Å². The molecule has 1 heterocycles. The van der Waals surface area contributed by atoms with Crippen molar-refractivity contribution in [3.05, 3.63) is 23.9 Å². The Kier molecular flexibility index (Phi) is 1.71. The predicted octanol–water partition coefficient (Wildman–Crippen LogP) is 0.324. The molecule has 1 aromatic heterocycles. The molecule has 1 rings (SSSR count). The van der Waals surface area contributed by atoms with E-state index in [4.69, 9.17) is 5.26 Å². The van der Waals surface area contributed by atoms with Crippen LogP contribution in [0.25, 0.3) is 0 Å². The second-order valence-corrected chi connectivity index (χ2v) is 2.06. The highest BCUT2D eigenvalue weighted by Crippen LogP contribution is 1.95. The quantitative estimate of drug-likeness (QED) is 0.483. The molecule has 0 aliphatic carbocycles. The number of aromatic nitrogens is 1. The highest BCUT2D eigenvalue weighted by Gasteiger charge is 1.91. The van der Waals surface area contributed by atoms with Crippen LogP contribution in [0.1, 0.15) is 5.56 Å². The van der Waals surface area contributed by atoms with Crippen LogP contribution in [0, 0.1) is 11.3 Å². The smallest absolute Gasteiger partial charge is 0.210 e. The molecule has 0 aliphatic rings. The van der Waals surface area contributed by atoms with Crippen molar-refractivity contribution >= 4 is 12.6 Å². The molecule has 0 aromatic carbocycles. The third-order valence-corrected chi connectivity index (χ3v) is 1.19. The van der Waals surface area contributed by atoms with Crippen LogP contribution >= 0.6 is 0 Å². The average Bonchev–Trinajstić information content (AvgIpc) is 1.90. The van der Waals surface area contributed by atoms with Gasteiger partial charge in [0.1, 0.15) is 6.07 Å². The van der Waals surface area contributed by atoms with E-state index in [1.807, 2.05) is 6.07 Å². The van der Waals surface area contributed by atoms with Gasteiger partial charge < -0.3 is 0 Å². The minimum Gasteiger partial charge on any atom is -0.210 e. The van der Waals surface area contributed by atoms with Gasteiger partial charge in [-0.1, -0.05) is 0 Å². The minimum absolute atomic E-state index is 0.581. The van der Waals surface area contributed by atoms with Gasteiger partial charge in [0.25, 0.3) is 0 Å². The Bertz CT molecular complexity index is 234. The second kappa shape index (κ2) is 2.51. The summed E-state index contributed by atoms with van der Waals surface area (Å²) in [5.74, 6) is 0. The molecular weight excluding hydrogens is 132 g/mol. The van der Waals surface area contributed by atoms with Gasteiger partial charge in [-0.05, 0) is 6.07 Å². The van der Waals surface area contributed by atoms with Crippen molar-refractivity contribution < 1.29 is 0 Å². The van der Waals surface area contributed by atoms with E-state index in [9.17, 15) is 0 Å². The van der Waals surface area contributed by atoms with Crippen LogP contribution in [0.15, 0.2) is 23.4 Å². The average molecular weight is 137 g/mol. The van der Waals surface area contributed by atoms with Gasteiger partial charge >= 0.3 is 0 Å². The van der Waals surface area contributed by atoms with E-state index in [0.717, 1.165) is 5.03 Å². The van der Waals surface area contributed by atoms with E-state index in [0.29, 0.717) is 5.56 Å². The lowest BCUT2D eigenvalue weighted by atomic mass is 10.3. The molecule has 3 heteroatoms. The van der Waals surface area contributed by atoms with E-state index < -0.39 is 0 Å². The summed E-state index contributed by atoms with van der Waals surface area (Å²) in [6, 6.07) is 5.41. The van der Waals surface area contributed by atoms with E-state index in [1.165, 1.54) is 6.20 Å². The molecule has 0 atom stereocenters. The number of nitriles is 1. The lowest BCUT2D eigenvalue weighted by Crippen LogP contribution is -1.79. The fourth-order valence-electron chi connectivity index (χ4n) is 0.460. The van der Waals surface area contributed by atoms with Crippen molar-refractivity contribution in [3.63, 3.8) is 0 Å². The molecule has 0 amide bonds. The molecule has 0 spiro atoms. The summed E-state index contributed by atoms with van der Waals surface area (Å²) in [4.78, 5) is 3.84. The third-order valence-electron chi connectivity index (χ3n) is 0.893. The summed E-state index contributed by atoms with van der Waals surface area (Å²) < 4.78 is 0. The maximum Gasteiger partial charge on any atom is 0.242 e. The number of pyridine rings is 1. The van der Waals surface area contributed by atoms with Crippen LogP contribution in [-0.2, 0) is 12.6 Å². The van der Waals surface area contributed by atoms with Gasteiger partial charge in [0.05, 0.1) is 5.56 Å². The van der Waals surface area contributed by atoms with Crippen LogP contribution < -0.4 is 0 Å². The van der Waals surface area contributed by atoms with Gasteiger partial charge in [0.2, 0.25) is 5.03 Å². The standard InChI is InChI=1S/C6H4N2S/c7-3-5-1-2-6(9)8-4-5/h1-2,4H,(H,8,9)/p+1. The Morgan fingerprint density at radius 3 is 2.78 bits per heavy atom. The molecule has 0 N–H and O–H groups in total. The van der Waals surface area contributed by atoms with Gasteiger partial charge in [-0.25, -0.2) is 4.98 Å². The first kappa shape index (κ1) is 6.12. The molecule has 0 bridgehead atoms. The van der Waals surface area contributed by atoms with Crippen molar-refractivity contribution in [1.82, 2.24) is 4.98 Å². The third kappa shape index (κ3) is 1.44. The highest BCUT2D eigenvalue weighted by molar-refractivity contribution is 7.58. The molecule has 0 fully saturated rings. The molecule has 44 valence electrons. The molecular formula is C6H5N2S+. The topological polar surface area (TPSA) is 36.7 Å². The first-order valence-electron chi connectivity index (χ1n) is 2.40. The van der Waals surface area contributed by atoms with Gasteiger partial charge in [-0.2, -0.15) is 5.26 Å². The zero-order valence-electron chi connectivity index (χ0n) is 4.63. The van der Waals surface area contributed by atoms with E-state index in [1.54, 1.807) is 12.1 Å². The highest BCUT2D eigenvalue weighted by atomic mass is 32.1. The Hall–Kier alpha value is -1.01. The summed E-state index contributed by atoms with van der Waals surface area (Å²) >= 11 is 3.20. The van der Waals surface area contributed by atoms with Gasteiger partial charge in [0.15, 0.2) is 0 Å². The van der Waals surface area contributed by atoms with Crippen LogP contribution in [0.2, 0.25) is 0 Å².